The van der Waals surface area contributed by atoms with Crippen LogP contribution < -0.4 is 5.32 Å². The Balaban J connectivity index is 1.68. The summed E-state index contributed by atoms with van der Waals surface area (Å²) in [4.78, 5) is 31.3. The molecule has 1 atom stereocenters. The second-order valence-electron chi connectivity index (χ2n) is 7.66. The molecule has 3 aromatic rings. The first-order chi connectivity index (χ1) is 14.9. The summed E-state index contributed by atoms with van der Waals surface area (Å²) in [5.74, 6) is 0.00603. The van der Waals surface area contributed by atoms with Crippen molar-refractivity contribution in [3.8, 4) is 6.07 Å². The Morgan fingerprint density at radius 2 is 2.09 bits per heavy atom. The first-order valence-electron chi connectivity index (χ1n) is 9.46. The molecule has 0 saturated heterocycles. The standard InChI is InChI=1S/C20H16BrF2N2O4PS2/c1-9-2-4-11-13(8-24)19(32-15(11)6-9)25-18(26)10-3-5-14-12(7-10)16(21)17(31-14)20(22,23)30(27,28)29/h3,5,7,9H,2,4,6H2,1H3,(H,25,26)(H2,27,28,29). The SMILES string of the molecule is CC1CCc2c(sc(NC(=O)c3ccc4sc(C(F)(F)P(=O)(O)O)c(Br)c4c3)c2C#N)C1. The molecular formula is C20H16BrF2N2O4PS2. The van der Waals surface area contributed by atoms with Crippen LogP contribution >= 0.6 is 46.2 Å². The van der Waals surface area contributed by atoms with Crippen molar-refractivity contribution in [2.24, 2.45) is 5.92 Å². The average molecular weight is 561 g/mol. The number of carbonyl (C=O) groups excluding carboxylic acids is 1. The molecule has 0 bridgehead atoms. The van der Waals surface area contributed by atoms with Crippen LogP contribution in [0.5, 0.6) is 0 Å². The lowest BCUT2D eigenvalue weighted by atomic mass is 9.88. The van der Waals surface area contributed by atoms with Gasteiger partial charge in [0.05, 0.1) is 5.56 Å². The summed E-state index contributed by atoms with van der Waals surface area (Å²) in [6.45, 7) is 2.14. The molecule has 1 unspecified atom stereocenters. The van der Waals surface area contributed by atoms with Gasteiger partial charge >= 0.3 is 13.3 Å². The maximum absolute atomic E-state index is 14.2. The van der Waals surface area contributed by atoms with Crippen LogP contribution in [-0.4, -0.2) is 15.7 Å². The molecule has 32 heavy (non-hydrogen) atoms. The van der Waals surface area contributed by atoms with Gasteiger partial charge in [0, 0.05) is 25.0 Å². The van der Waals surface area contributed by atoms with Crippen LogP contribution in [0, 0.1) is 17.2 Å². The number of hydrogen-bond acceptors (Lipinski definition) is 5. The normalized spacial score (nSPS) is 16.6. The Hall–Kier alpha value is -1.67. The van der Waals surface area contributed by atoms with E-state index in [4.69, 9.17) is 9.79 Å². The summed E-state index contributed by atoms with van der Waals surface area (Å²) >= 11 is 4.94. The topological polar surface area (TPSA) is 110 Å². The molecule has 4 rings (SSSR count). The Morgan fingerprint density at radius 3 is 2.75 bits per heavy atom. The third-order valence-corrected chi connectivity index (χ3v) is 9.98. The van der Waals surface area contributed by atoms with E-state index >= 15 is 0 Å². The molecule has 2 heterocycles. The van der Waals surface area contributed by atoms with E-state index in [1.165, 1.54) is 29.5 Å². The number of benzene rings is 1. The highest BCUT2D eigenvalue weighted by Crippen LogP contribution is 2.62. The maximum Gasteiger partial charge on any atom is 0.400 e. The largest absolute Gasteiger partial charge is 0.400 e. The van der Waals surface area contributed by atoms with Crippen LogP contribution in [0.1, 0.15) is 44.6 Å². The molecule has 6 nitrogen and oxygen atoms in total. The fourth-order valence-electron chi connectivity index (χ4n) is 3.67. The summed E-state index contributed by atoms with van der Waals surface area (Å²) < 4.78 is 39.9. The minimum Gasteiger partial charge on any atom is -0.320 e. The molecule has 0 saturated carbocycles. The predicted octanol–water partition coefficient (Wildman–Crippen LogP) is 6.20. The van der Waals surface area contributed by atoms with Gasteiger partial charge in [0.2, 0.25) is 0 Å². The minimum absolute atomic E-state index is 0.168. The highest BCUT2D eigenvalue weighted by atomic mass is 79.9. The van der Waals surface area contributed by atoms with Gasteiger partial charge in [0.15, 0.2) is 0 Å². The molecule has 0 aliphatic heterocycles. The lowest BCUT2D eigenvalue weighted by molar-refractivity contribution is 0.0595. The number of nitriles is 1. The molecular weight excluding hydrogens is 545 g/mol. The Morgan fingerprint density at radius 1 is 1.38 bits per heavy atom. The van der Waals surface area contributed by atoms with Crippen LogP contribution in [0.2, 0.25) is 0 Å². The number of anilines is 1. The van der Waals surface area contributed by atoms with Crippen LogP contribution in [0.4, 0.5) is 13.8 Å². The molecule has 3 N–H and O–H groups in total. The van der Waals surface area contributed by atoms with Crippen molar-refractivity contribution in [2.75, 3.05) is 5.32 Å². The molecule has 0 radical (unpaired) electrons. The lowest BCUT2D eigenvalue weighted by Gasteiger charge is -2.17. The van der Waals surface area contributed by atoms with E-state index < -0.39 is 24.0 Å². The second kappa shape index (κ2) is 8.28. The smallest absolute Gasteiger partial charge is 0.320 e. The molecule has 12 heteroatoms. The zero-order valence-corrected chi connectivity index (χ0v) is 20.6. The molecule has 1 amide bonds. The summed E-state index contributed by atoms with van der Waals surface area (Å²) in [5, 5.41) is 13.1. The monoisotopic (exact) mass is 560 g/mol. The van der Waals surface area contributed by atoms with Crippen molar-refractivity contribution < 1.29 is 27.9 Å². The number of nitrogens with one attached hydrogen (secondary N) is 1. The van der Waals surface area contributed by atoms with Crippen LogP contribution in [0.25, 0.3) is 10.1 Å². The fourth-order valence-corrected chi connectivity index (χ4v) is 7.95. The average Bonchev–Trinajstić information content (AvgIpc) is 3.23. The minimum atomic E-state index is -5.73. The zero-order chi connectivity index (χ0) is 23.4. The Kier molecular flexibility index (Phi) is 6.07. The Bertz CT molecular complexity index is 1340. The maximum atomic E-state index is 14.2. The molecule has 0 fully saturated rings. The van der Waals surface area contributed by atoms with Crippen molar-refractivity contribution in [3.63, 3.8) is 0 Å². The lowest BCUT2D eigenvalue weighted by Crippen LogP contribution is -2.12. The van der Waals surface area contributed by atoms with E-state index in [2.05, 4.69) is 34.2 Å². The number of amides is 1. The van der Waals surface area contributed by atoms with E-state index in [-0.39, 0.29) is 15.4 Å². The van der Waals surface area contributed by atoms with Gasteiger partial charge in [-0.05, 0) is 64.9 Å². The van der Waals surface area contributed by atoms with Gasteiger partial charge in [-0.15, -0.1) is 22.7 Å². The van der Waals surface area contributed by atoms with Gasteiger partial charge in [-0.25, -0.2) is 0 Å². The van der Waals surface area contributed by atoms with Crippen molar-refractivity contribution in [1.29, 1.82) is 5.26 Å². The zero-order valence-electron chi connectivity index (χ0n) is 16.5. The first kappa shape index (κ1) is 23.5. The predicted molar refractivity (Wildman–Crippen MR) is 124 cm³/mol. The van der Waals surface area contributed by atoms with Gasteiger partial charge in [-0.2, -0.15) is 14.0 Å². The molecule has 1 aromatic carbocycles. The first-order valence-corrected chi connectivity index (χ1v) is 13.5. The van der Waals surface area contributed by atoms with Gasteiger partial charge in [-0.3, -0.25) is 9.36 Å². The van der Waals surface area contributed by atoms with E-state index in [9.17, 15) is 23.4 Å². The second-order valence-corrected chi connectivity index (χ2v) is 12.3. The number of alkyl halides is 2. The molecule has 168 valence electrons. The van der Waals surface area contributed by atoms with Crippen molar-refractivity contribution in [3.05, 3.63) is 49.1 Å². The number of rotatable bonds is 4. The fraction of sp³-hybridized carbons (Fsp3) is 0.300. The number of fused-ring (bicyclic) bond motifs is 2. The van der Waals surface area contributed by atoms with Gasteiger partial charge in [0.1, 0.15) is 15.9 Å². The highest BCUT2D eigenvalue weighted by Gasteiger charge is 2.53. The van der Waals surface area contributed by atoms with E-state index in [1.807, 2.05) is 0 Å². The summed E-state index contributed by atoms with van der Waals surface area (Å²) in [6.07, 6.45) is 2.63. The van der Waals surface area contributed by atoms with Gasteiger partial charge in [-0.1, -0.05) is 6.92 Å². The number of thiophene rings is 2. The van der Waals surface area contributed by atoms with Gasteiger partial charge < -0.3 is 15.1 Å². The van der Waals surface area contributed by atoms with Crippen molar-refractivity contribution in [1.82, 2.24) is 0 Å². The third-order valence-electron chi connectivity index (χ3n) is 5.38. The van der Waals surface area contributed by atoms with E-state index in [1.54, 1.807) is 0 Å². The van der Waals surface area contributed by atoms with E-state index in [0.717, 1.165) is 29.7 Å². The molecule has 1 aliphatic rings. The number of carbonyl (C=O) groups is 1. The highest BCUT2D eigenvalue weighted by molar-refractivity contribution is 9.10. The quantitative estimate of drug-likeness (QED) is 0.329. The molecule has 0 spiro atoms. The Labute approximate surface area is 198 Å². The summed E-state index contributed by atoms with van der Waals surface area (Å²) in [7, 11) is -5.73. The summed E-state index contributed by atoms with van der Waals surface area (Å²) in [6, 6.07) is 6.46. The van der Waals surface area contributed by atoms with E-state index in [0.29, 0.717) is 32.5 Å². The molecule has 1 aliphatic carbocycles. The number of nitrogens with zero attached hydrogens (tertiary/aromatic N) is 1. The van der Waals surface area contributed by atoms with Crippen LogP contribution in [0.3, 0.4) is 0 Å². The van der Waals surface area contributed by atoms with Crippen molar-refractivity contribution in [2.45, 2.75) is 31.8 Å². The number of hydrogen-bond donors (Lipinski definition) is 3. The molecule has 2 aromatic heterocycles. The van der Waals surface area contributed by atoms with Gasteiger partial charge in [0.25, 0.3) is 5.91 Å². The van der Waals surface area contributed by atoms with Crippen molar-refractivity contribution >= 4 is 67.2 Å². The van der Waals surface area contributed by atoms with Crippen LogP contribution in [0.15, 0.2) is 22.7 Å². The van der Waals surface area contributed by atoms with Crippen LogP contribution in [-0.2, 0) is 23.1 Å². The summed E-state index contributed by atoms with van der Waals surface area (Å²) in [5.41, 5.74) is -2.74. The third kappa shape index (κ3) is 3.94. The number of halogens is 3.